The number of hydrogen-bond acceptors (Lipinski definition) is 3. The molecule has 2 bridgehead atoms. The largest absolute Gasteiger partial charge is 0.445 e. The van der Waals surface area contributed by atoms with Crippen molar-refractivity contribution in [2.75, 3.05) is 19.6 Å². The van der Waals surface area contributed by atoms with E-state index in [9.17, 15) is 9.18 Å². The van der Waals surface area contributed by atoms with Crippen LogP contribution in [-0.4, -0.2) is 36.7 Å². The smallest absolute Gasteiger partial charge is 0.407 e. The molecule has 1 N–H and O–H groups in total. The third kappa shape index (κ3) is 3.10. The Labute approximate surface area is 117 Å². The summed E-state index contributed by atoms with van der Waals surface area (Å²) >= 11 is 0. The van der Waals surface area contributed by atoms with Crippen molar-refractivity contribution in [3.05, 3.63) is 35.6 Å². The summed E-state index contributed by atoms with van der Waals surface area (Å²) in [6.07, 6.45) is 1.92. The molecule has 2 heterocycles. The van der Waals surface area contributed by atoms with Gasteiger partial charge in [-0.1, -0.05) is 12.1 Å². The number of amides is 1. The highest BCUT2D eigenvalue weighted by molar-refractivity contribution is 5.67. The molecule has 0 spiro atoms. The summed E-state index contributed by atoms with van der Waals surface area (Å²) in [5, 5.41) is 2.69. The van der Waals surface area contributed by atoms with E-state index in [1.165, 1.54) is 18.6 Å². The van der Waals surface area contributed by atoms with Crippen molar-refractivity contribution in [3.63, 3.8) is 0 Å². The highest BCUT2D eigenvalue weighted by atomic mass is 19.1. The lowest BCUT2D eigenvalue weighted by atomic mass is 9.99. The number of nitrogens with one attached hydrogen (secondary N) is 1. The zero-order valence-electron chi connectivity index (χ0n) is 11.3. The van der Waals surface area contributed by atoms with Gasteiger partial charge in [0, 0.05) is 25.6 Å². The van der Waals surface area contributed by atoms with Crippen LogP contribution in [0.5, 0.6) is 0 Å². The Kier molecular flexibility index (Phi) is 3.87. The molecule has 20 heavy (non-hydrogen) atoms. The van der Waals surface area contributed by atoms with Gasteiger partial charge in [-0.25, -0.2) is 9.18 Å². The van der Waals surface area contributed by atoms with E-state index in [1.54, 1.807) is 12.1 Å². The van der Waals surface area contributed by atoms with Gasteiger partial charge in [-0.05, 0) is 37.1 Å². The fourth-order valence-corrected chi connectivity index (χ4v) is 3.10. The average molecular weight is 278 g/mol. The number of piperidine rings is 1. The molecule has 2 aliphatic heterocycles. The van der Waals surface area contributed by atoms with Crippen molar-refractivity contribution < 1.29 is 13.9 Å². The maximum Gasteiger partial charge on any atom is 0.407 e. The van der Waals surface area contributed by atoms with Gasteiger partial charge in [-0.15, -0.1) is 0 Å². The van der Waals surface area contributed by atoms with Gasteiger partial charge in [-0.3, -0.25) is 4.90 Å². The fraction of sp³-hybridized carbons (Fsp3) is 0.533. The van der Waals surface area contributed by atoms with E-state index in [1.807, 2.05) is 0 Å². The van der Waals surface area contributed by atoms with Crippen LogP contribution < -0.4 is 5.32 Å². The quantitative estimate of drug-likeness (QED) is 0.921. The first kappa shape index (κ1) is 13.4. The molecule has 1 amide bonds. The van der Waals surface area contributed by atoms with Crippen molar-refractivity contribution in [3.8, 4) is 0 Å². The molecule has 3 atom stereocenters. The van der Waals surface area contributed by atoms with Gasteiger partial charge < -0.3 is 10.1 Å². The SMILES string of the molecule is O=C(NCc1cccc(F)c1)OC1CN2CCCC1C2. The van der Waals surface area contributed by atoms with E-state index in [0.29, 0.717) is 5.92 Å². The summed E-state index contributed by atoms with van der Waals surface area (Å²) in [4.78, 5) is 14.1. The van der Waals surface area contributed by atoms with Crippen LogP contribution in [0.25, 0.3) is 0 Å². The highest BCUT2D eigenvalue weighted by Gasteiger charge is 2.37. The summed E-state index contributed by atoms with van der Waals surface area (Å²) in [6.45, 7) is 3.29. The lowest BCUT2D eigenvalue weighted by molar-refractivity contribution is 0.0821. The summed E-state index contributed by atoms with van der Waals surface area (Å²) in [5.74, 6) is 0.179. The number of benzene rings is 1. The molecule has 4 nitrogen and oxygen atoms in total. The van der Waals surface area contributed by atoms with Gasteiger partial charge >= 0.3 is 6.09 Å². The Hall–Kier alpha value is -1.62. The zero-order chi connectivity index (χ0) is 13.9. The molecule has 2 saturated heterocycles. The first-order valence-electron chi connectivity index (χ1n) is 7.12. The molecule has 108 valence electrons. The minimum absolute atomic E-state index is 0.00464. The van der Waals surface area contributed by atoms with Gasteiger partial charge in [0.25, 0.3) is 0 Å². The van der Waals surface area contributed by atoms with Gasteiger partial charge in [0.1, 0.15) is 11.9 Å². The van der Waals surface area contributed by atoms with Crippen LogP contribution in [0.2, 0.25) is 0 Å². The zero-order valence-corrected chi connectivity index (χ0v) is 11.3. The number of carbonyl (C=O) groups excluding carboxylic acids is 1. The number of ether oxygens (including phenoxy) is 1. The van der Waals surface area contributed by atoms with E-state index in [0.717, 1.165) is 31.6 Å². The molecular formula is C15H19FN2O2. The summed E-state index contributed by atoms with van der Waals surface area (Å²) < 4.78 is 18.5. The molecule has 3 unspecified atom stereocenters. The van der Waals surface area contributed by atoms with E-state index >= 15 is 0 Å². The predicted molar refractivity (Wildman–Crippen MR) is 72.7 cm³/mol. The third-order valence-electron chi connectivity index (χ3n) is 4.09. The number of halogens is 1. The average Bonchev–Trinajstić information content (AvgIpc) is 2.71. The minimum atomic E-state index is -0.409. The molecule has 2 aliphatic rings. The molecular weight excluding hydrogens is 259 g/mol. The van der Waals surface area contributed by atoms with Crippen molar-refractivity contribution >= 4 is 6.09 Å². The monoisotopic (exact) mass is 278 g/mol. The van der Waals surface area contributed by atoms with E-state index < -0.39 is 6.09 Å². The van der Waals surface area contributed by atoms with Gasteiger partial charge in [0.05, 0.1) is 0 Å². The van der Waals surface area contributed by atoms with E-state index in [2.05, 4.69) is 10.2 Å². The topological polar surface area (TPSA) is 41.6 Å². The van der Waals surface area contributed by atoms with Gasteiger partial charge in [0.15, 0.2) is 0 Å². The molecule has 0 aromatic heterocycles. The summed E-state index contributed by atoms with van der Waals surface area (Å²) in [5.41, 5.74) is 0.732. The molecule has 1 aromatic carbocycles. The Balaban J connectivity index is 1.48. The minimum Gasteiger partial charge on any atom is -0.445 e. The second-order valence-corrected chi connectivity index (χ2v) is 5.59. The molecule has 2 fully saturated rings. The molecule has 3 rings (SSSR count). The molecule has 0 radical (unpaired) electrons. The number of fused-ring (bicyclic) bond motifs is 2. The predicted octanol–water partition coefficient (Wildman–Crippen LogP) is 2.15. The molecule has 1 aromatic rings. The number of rotatable bonds is 3. The second-order valence-electron chi connectivity index (χ2n) is 5.59. The van der Waals surface area contributed by atoms with Gasteiger partial charge in [0.2, 0.25) is 0 Å². The maximum atomic E-state index is 13.0. The molecule has 0 saturated carbocycles. The van der Waals surface area contributed by atoms with Crippen LogP contribution in [0.3, 0.4) is 0 Å². The molecule has 5 heteroatoms. The third-order valence-corrected chi connectivity index (χ3v) is 4.09. The summed E-state index contributed by atoms with van der Waals surface area (Å²) in [7, 11) is 0. The van der Waals surface area contributed by atoms with Crippen LogP contribution in [-0.2, 0) is 11.3 Å². The second kappa shape index (κ2) is 5.79. The number of carbonyl (C=O) groups is 1. The van der Waals surface area contributed by atoms with Crippen LogP contribution in [0.4, 0.5) is 9.18 Å². The lowest BCUT2D eigenvalue weighted by Gasteiger charge is -2.21. The first-order chi connectivity index (χ1) is 9.70. The first-order valence-corrected chi connectivity index (χ1v) is 7.12. The van der Waals surface area contributed by atoms with Crippen LogP contribution >= 0.6 is 0 Å². The lowest BCUT2D eigenvalue weighted by Crippen LogP contribution is -2.32. The maximum absolute atomic E-state index is 13.0. The normalized spacial score (nSPS) is 28.1. The van der Waals surface area contributed by atoms with Crippen molar-refractivity contribution in [2.45, 2.75) is 25.5 Å². The van der Waals surface area contributed by atoms with Crippen LogP contribution in [0.1, 0.15) is 18.4 Å². The highest BCUT2D eigenvalue weighted by Crippen LogP contribution is 2.29. The van der Waals surface area contributed by atoms with Crippen molar-refractivity contribution in [1.82, 2.24) is 10.2 Å². The Morgan fingerprint density at radius 1 is 1.45 bits per heavy atom. The van der Waals surface area contributed by atoms with Gasteiger partial charge in [-0.2, -0.15) is 0 Å². The Morgan fingerprint density at radius 3 is 3.15 bits per heavy atom. The van der Waals surface area contributed by atoms with Crippen molar-refractivity contribution in [1.29, 1.82) is 0 Å². The summed E-state index contributed by atoms with van der Waals surface area (Å²) in [6, 6.07) is 6.20. The Morgan fingerprint density at radius 2 is 2.35 bits per heavy atom. The van der Waals surface area contributed by atoms with Crippen LogP contribution in [0, 0.1) is 11.7 Å². The van der Waals surface area contributed by atoms with E-state index in [-0.39, 0.29) is 18.5 Å². The van der Waals surface area contributed by atoms with Crippen LogP contribution in [0.15, 0.2) is 24.3 Å². The number of nitrogens with zero attached hydrogens (tertiary/aromatic N) is 1. The number of hydrogen-bond donors (Lipinski definition) is 1. The Bertz CT molecular complexity index is 495. The molecule has 0 aliphatic carbocycles. The van der Waals surface area contributed by atoms with E-state index in [4.69, 9.17) is 4.74 Å². The number of alkyl carbamates (subject to hydrolysis) is 1. The fourth-order valence-electron chi connectivity index (χ4n) is 3.10. The standard InChI is InChI=1S/C15H19FN2O2/c16-13-5-1-3-11(7-13)8-17-15(19)20-14-10-18-6-2-4-12(14)9-18/h1,3,5,7,12,14H,2,4,6,8-10H2,(H,17,19). The van der Waals surface area contributed by atoms with Crippen molar-refractivity contribution in [2.24, 2.45) is 5.92 Å².